The molecule has 1 aliphatic rings. The molecule has 1 aliphatic carbocycles. The van der Waals surface area contributed by atoms with Crippen LogP contribution in [0.3, 0.4) is 0 Å². The van der Waals surface area contributed by atoms with Crippen LogP contribution in [0.5, 0.6) is 0 Å². The summed E-state index contributed by atoms with van der Waals surface area (Å²) in [6, 6.07) is 20.2. The molecule has 0 amide bonds. The van der Waals surface area contributed by atoms with Crippen LogP contribution < -0.4 is 0 Å². The Bertz CT molecular complexity index is 842. The predicted octanol–water partition coefficient (Wildman–Crippen LogP) is 5.76. The molecule has 0 radical (unpaired) electrons. The SMILES string of the molecule is CC1(C)C=CC(=C(C#Cc2ccccc2)C#Cc2ccccc2)CC1. The van der Waals surface area contributed by atoms with E-state index in [0.717, 1.165) is 29.5 Å². The van der Waals surface area contributed by atoms with Gasteiger partial charge in [0.05, 0.1) is 5.57 Å². The zero-order chi connectivity index (χ0) is 17.5. The zero-order valence-electron chi connectivity index (χ0n) is 14.8. The van der Waals surface area contributed by atoms with Crippen molar-refractivity contribution in [3.8, 4) is 23.7 Å². The molecule has 0 saturated heterocycles. The van der Waals surface area contributed by atoms with Gasteiger partial charge in [-0.05, 0) is 48.1 Å². The molecule has 0 saturated carbocycles. The maximum Gasteiger partial charge on any atom is 0.0783 e. The highest BCUT2D eigenvalue weighted by atomic mass is 14.2. The van der Waals surface area contributed by atoms with Crippen molar-refractivity contribution < 1.29 is 0 Å². The van der Waals surface area contributed by atoms with Gasteiger partial charge in [-0.2, -0.15) is 0 Å². The number of hydrogen-bond donors (Lipinski definition) is 0. The summed E-state index contributed by atoms with van der Waals surface area (Å²) >= 11 is 0. The minimum atomic E-state index is 0.258. The highest BCUT2D eigenvalue weighted by Crippen LogP contribution is 2.32. The lowest BCUT2D eigenvalue weighted by molar-refractivity contribution is 0.427. The Morgan fingerprint density at radius 3 is 1.76 bits per heavy atom. The van der Waals surface area contributed by atoms with Crippen LogP contribution in [0, 0.1) is 29.1 Å². The molecule has 0 bridgehead atoms. The smallest absolute Gasteiger partial charge is 0.0783 e. The van der Waals surface area contributed by atoms with Crippen LogP contribution in [0.25, 0.3) is 0 Å². The van der Waals surface area contributed by atoms with Crippen LogP contribution in [0.2, 0.25) is 0 Å². The molecule has 2 aromatic carbocycles. The molecule has 2 aromatic rings. The predicted molar refractivity (Wildman–Crippen MR) is 106 cm³/mol. The standard InChI is InChI=1S/C25H22/c1-25(2)19-17-24(18-20-25)23(15-13-21-9-5-3-6-10-21)16-14-22-11-7-4-8-12-22/h3-12,17,19H,18,20H2,1-2H3. The summed E-state index contributed by atoms with van der Waals surface area (Å²) in [7, 11) is 0. The zero-order valence-corrected chi connectivity index (χ0v) is 14.8. The molecule has 122 valence electrons. The first-order valence-electron chi connectivity index (χ1n) is 8.69. The second-order valence-electron chi connectivity index (χ2n) is 6.95. The van der Waals surface area contributed by atoms with Crippen LogP contribution in [0.15, 0.2) is 84.0 Å². The summed E-state index contributed by atoms with van der Waals surface area (Å²) in [6.45, 7) is 4.54. The molecule has 0 atom stereocenters. The van der Waals surface area contributed by atoms with Crippen molar-refractivity contribution in [1.29, 1.82) is 0 Å². The molecule has 25 heavy (non-hydrogen) atoms. The van der Waals surface area contributed by atoms with E-state index in [1.54, 1.807) is 0 Å². The fourth-order valence-corrected chi connectivity index (χ4v) is 2.66. The maximum absolute atomic E-state index is 3.31. The van der Waals surface area contributed by atoms with Gasteiger partial charge in [0.2, 0.25) is 0 Å². The van der Waals surface area contributed by atoms with Crippen molar-refractivity contribution in [2.75, 3.05) is 0 Å². The van der Waals surface area contributed by atoms with Gasteiger partial charge in [-0.1, -0.05) is 86.1 Å². The monoisotopic (exact) mass is 322 g/mol. The van der Waals surface area contributed by atoms with E-state index in [1.165, 1.54) is 5.57 Å². The first kappa shape index (κ1) is 16.9. The fraction of sp³-hybridized carbons (Fsp3) is 0.200. The van der Waals surface area contributed by atoms with Crippen LogP contribution >= 0.6 is 0 Å². The molecule has 0 spiro atoms. The summed E-state index contributed by atoms with van der Waals surface area (Å²) in [5.41, 5.74) is 4.46. The molecule has 0 aliphatic heterocycles. The largest absolute Gasteiger partial charge is 0.0785 e. The lowest BCUT2D eigenvalue weighted by Crippen LogP contribution is -2.11. The van der Waals surface area contributed by atoms with Gasteiger partial charge in [0.1, 0.15) is 0 Å². The molecule has 0 nitrogen and oxygen atoms in total. The minimum Gasteiger partial charge on any atom is -0.0785 e. The van der Waals surface area contributed by atoms with Gasteiger partial charge in [0, 0.05) is 11.1 Å². The molecule has 0 heteroatoms. The Morgan fingerprint density at radius 2 is 1.32 bits per heavy atom. The lowest BCUT2D eigenvalue weighted by atomic mass is 9.80. The summed E-state index contributed by atoms with van der Waals surface area (Å²) in [5, 5.41) is 0. The van der Waals surface area contributed by atoms with Crippen molar-refractivity contribution in [3.05, 3.63) is 95.1 Å². The van der Waals surface area contributed by atoms with Gasteiger partial charge in [0.25, 0.3) is 0 Å². The maximum atomic E-state index is 3.31. The van der Waals surface area contributed by atoms with E-state index in [4.69, 9.17) is 0 Å². The van der Waals surface area contributed by atoms with Crippen LogP contribution in [-0.4, -0.2) is 0 Å². The first-order valence-corrected chi connectivity index (χ1v) is 8.69. The summed E-state index contributed by atoms with van der Waals surface area (Å²) < 4.78 is 0. The average Bonchev–Trinajstić information content (AvgIpc) is 2.64. The molecule has 0 N–H and O–H groups in total. The van der Waals surface area contributed by atoms with Crippen molar-refractivity contribution in [2.24, 2.45) is 5.41 Å². The summed E-state index contributed by atoms with van der Waals surface area (Å²) in [4.78, 5) is 0. The van der Waals surface area contributed by atoms with E-state index in [1.807, 2.05) is 60.7 Å². The molecule has 0 fully saturated rings. The molecule has 3 rings (SSSR count). The minimum absolute atomic E-state index is 0.258. The second kappa shape index (κ2) is 7.74. The van der Waals surface area contributed by atoms with Crippen molar-refractivity contribution >= 4 is 0 Å². The van der Waals surface area contributed by atoms with Gasteiger partial charge in [-0.3, -0.25) is 0 Å². The van der Waals surface area contributed by atoms with Crippen molar-refractivity contribution in [2.45, 2.75) is 26.7 Å². The van der Waals surface area contributed by atoms with E-state index >= 15 is 0 Å². The third kappa shape index (κ3) is 5.00. The molecule has 0 heterocycles. The van der Waals surface area contributed by atoms with Gasteiger partial charge in [0.15, 0.2) is 0 Å². The Morgan fingerprint density at radius 1 is 0.800 bits per heavy atom. The van der Waals surface area contributed by atoms with E-state index in [0.29, 0.717) is 0 Å². The molecule has 0 aromatic heterocycles. The Hall–Kier alpha value is -2.96. The fourth-order valence-electron chi connectivity index (χ4n) is 2.66. The number of allylic oxidation sites excluding steroid dienone is 4. The van der Waals surface area contributed by atoms with E-state index in [9.17, 15) is 0 Å². The summed E-state index contributed by atoms with van der Waals surface area (Å²) in [5.74, 6) is 13.1. The lowest BCUT2D eigenvalue weighted by Gasteiger charge is -2.25. The molecular formula is C25H22. The highest BCUT2D eigenvalue weighted by Gasteiger charge is 2.19. The van der Waals surface area contributed by atoms with Crippen molar-refractivity contribution in [1.82, 2.24) is 0 Å². The Balaban J connectivity index is 1.98. The van der Waals surface area contributed by atoms with Crippen LogP contribution in [0.4, 0.5) is 0 Å². The molecular weight excluding hydrogens is 300 g/mol. The summed E-state index contributed by atoms with van der Waals surface area (Å²) in [6.07, 6.45) is 6.63. The number of rotatable bonds is 0. The van der Waals surface area contributed by atoms with Gasteiger partial charge in [-0.15, -0.1) is 0 Å². The van der Waals surface area contributed by atoms with Gasteiger partial charge >= 0.3 is 0 Å². The molecule has 0 unspecified atom stereocenters. The third-order valence-electron chi connectivity index (χ3n) is 4.31. The highest BCUT2D eigenvalue weighted by molar-refractivity contribution is 5.56. The van der Waals surface area contributed by atoms with E-state index in [2.05, 4.69) is 49.7 Å². The average molecular weight is 322 g/mol. The Kier molecular flexibility index (Phi) is 5.23. The number of benzene rings is 2. The van der Waals surface area contributed by atoms with Crippen molar-refractivity contribution in [3.63, 3.8) is 0 Å². The van der Waals surface area contributed by atoms with Crippen LogP contribution in [0.1, 0.15) is 37.8 Å². The van der Waals surface area contributed by atoms with Gasteiger partial charge in [-0.25, -0.2) is 0 Å². The van der Waals surface area contributed by atoms with E-state index < -0.39 is 0 Å². The first-order chi connectivity index (χ1) is 12.1. The Labute approximate surface area is 151 Å². The quantitative estimate of drug-likeness (QED) is 0.541. The van der Waals surface area contributed by atoms with E-state index in [-0.39, 0.29) is 5.41 Å². The topological polar surface area (TPSA) is 0 Å². The van der Waals surface area contributed by atoms with Gasteiger partial charge < -0.3 is 0 Å². The number of hydrogen-bond acceptors (Lipinski definition) is 0. The third-order valence-corrected chi connectivity index (χ3v) is 4.31. The normalized spacial score (nSPS) is 14.7. The second-order valence-corrected chi connectivity index (χ2v) is 6.95. The van der Waals surface area contributed by atoms with Crippen LogP contribution in [-0.2, 0) is 0 Å².